The highest BCUT2D eigenvalue weighted by Gasteiger charge is 2.09. The molecule has 0 radical (unpaired) electrons. The second-order valence-electron chi connectivity index (χ2n) is 4.31. The average Bonchev–Trinajstić information content (AvgIpc) is 2.91. The average molecular weight is 272 g/mol. The Morgan fingerprint density at radius 2 is 1.40 bits per heavy atom. The fraction of sp³-hybridized carbons (Fsp3) is 0.0667. The van der Waals surface area contributed by atoms with E-state index in [0.29, 0.717) is 23.8 Å². The molecule has 3 aromatic rings. The van der Waals surface area contributed by atoms with E-state index >= 15 is 0 Å². The molecule has 0 amide bonds. The Labute approximate surface area is 113 Å². The molecule has 2 aromatic carbocycles. The minimum Gasteiger partial charge on any atom is -0.420 e. The monoisotopic (exact) mass is 272 g/mol. The first kappa shape index (κ1) is 12.5. The van der Waals surface area contributed by atoms with Gasteiger partial charge in [0.1, 0.15) is 11.6 Å². The van der Waals surface area contributed by atoms with Gasteiger partial charge in [-0.25, -0.2) is 8.78 Å². The molecule has 0 aliphatic rings. The minimum absolute atomic E-state index is 0.286. The molecule has 100 valence electrons. The summed E-state index contributed by atoms with van der Waals surface area (Å²) in [6.45, 7) is 0. The molecular formula is C15H10F2N2O. The fourth-order valence-electron chi connectivity index (χ4n) is 1.81. The summed E-state index contributed by atoms with van der Waals surface area (Å²) in [7, 11) is 0. The number of hydrogen-bond acceptors (Lipinski definition) is 3. The summed E-state index contributed by atoms with van der Waals surface area (Å²) < 4.78 is 31.1. The van der Waals surface area contributed by atoms with Crippen molar-refractivity contribution < 1.29 is 13.2 Å². The van der Waals surface area contributed by atoms with Crippen molar-refractivity contribution in [2.45, 2.75) is 6.42 Å². The first-order valence-electron chi connectivity index (χ1n) is 6.03. The SMILES string of the molecule is Fc1ccc(Cc2nnc(-c3ccc(F)cc3)o2)cc1. The molecule has 0 atom stereocenters. The Balaban J connectivity index is 1.80. The molecule has 0 aliphatic carbocycles. The van der Waals surface area contributed by atoms with E-state index in [1.807, 2.05) is 0 Å². The van der Waals surface area contributed by atoms with Gasteiger partial charge in [0.05, 0.1) is 6.42 Å². The fourth-order valence-corrected chi connectivity index (χ4v) is 1.81. The van der Waals surface area contributed by atoms with Crippen LogP contribution in [0.25, 0.3) is 11.5 Å². The first-order chi connectivity index (χ1) is 9.70. The molecule has 0 aliphatic heterocycles. The maximum absolute atomic E-state index is 12.8. The smallest absolute Gasteiger partial charge is 0.247 e. The number of rotatable bonds is 3. The van der Waals surface area contributed by atoms with Crippen LogP contribution in [0.1, 0.15) is 11.5 Å². The van der Waals surface area contributed by atoms with E-state index in [1.165, 1.54) is 24.3 Å². The number of halogens is 2. The summed E-state index contributed by atoms with van der Waals surface area (Å²) in [5.74, 6) is 0.157. The number of nitrogens with zero attached hydrogens (tertiary/aromatic N) is 2. The molecule has 0 fully saturated rings. The van der Waals surface area contributed by atoms with Crippen LogP contribution in [0.15, 0.2) is 52.9 Å². The van der Waals surface area contributed by atoms with Crippen molar-refractivity contribution >= 4 is 0 Å². The summed E-state index contributed by atoms with van der Waals surface area (Å²) >= 11 is 0. The van der Waals surface area contributed by atoms with E-state index in [2.05, 4.69) is 10.2 Å². The van der Waals surface area contributed by atoms with Gasteiger partial charge < -0.3 is 4.42 Å². The van der Waals surface area contributed by atoms with Gasteiger partial charge in [-0.3, -0.25) is 0 Å². The van der Waals surface area contributed by atoms with Crippen molar-refractivity contribution in [1.29, 1.82) is 0 Å². The molecule has 0 N–H and O–H groups in total. The molecule has 0 saturated carbocycles. The zero-order valence-corrected chi connectivity index (χ0v) is 10.4. The third-order valence-electron chi connectivity index (χ3n) is 2.83. The van der Waals surface area contributed by atoms with Gasteiger partial charge in [-0.2, -0.15) is 0 Å². The quantitative estimate of drug-likeness (QED) is 0.731. The predicted octanol–water partition coefficient (Wildman–Crippen LogP) is 3.61. The van der Waals surface area contributed by atoms with Gasteiger partial charge in [0.2, 0.25) is 11.8 Å². The molecule has 1 aromatic heterocycles. The summed E-state index contributed by atoms with van der Waals surface area (Å²) in [5.41, 5.74) is 1.53. The molecule has 0 bridgehead atoms. The van der Waals surface area contributed by atoms with Gasteiger partial charge in [-0.05, 0) is 42.0 Å². The van der Waals surface area contributed by atoms with Crippen molar-refractivity contribution in [3.05, 3.63) is 71.6 Å². The number of aromatic nitrogens is 2. The predicted molar refractivity (Wildman–Crippen MR) is 68.9 cm³/mol. The van der Waals surface area contributed by atoms with Gasteiger partial charge in [0.15, 0.2) is 0 Å². The topological polar surface area (TPSA) is 38.9 Å². The Morgan fingerprint density at radius 1 is 0.800 bits per heavy atom. The van der Waals surface area contributed by atoms with Crippen molar-refractivity contribution in [3.63, 3.8) is 0 Å². The number of hydrogen-bond donors (Lipinski definition) is 0. The third-order valence-corrected chi connectivity index (χ3v) is 2.83. The third kappa shape index (κ3) is 2.71. The van der Waals surface area contributed by atoms with Crippen LogP contribution in [0.3, 0.4) is 0 Å². The largest absolute Gasteiger partial charge is 0.420 e. The zero-order chi connectivity index (χ0) is 13.9. The molecule has 0 spiro atoms. The van der Waals surface area contributed by atoms with Crippen molar-refractivity contribution in [3.8, 4) is 11.5 Å². The molecular weight excluding hydrogens is 262 g/mol. The Bertz CT molecular complexity index is 705. The summed E-state index contributed by atoms with van der Waals surface area (Å²) in [5, 5.41) is 7.85. The van der Waals surface area contributed by atoms with Gasteiger partial charge in [-0.1, -0.05) is 12.1 Å². The number of benzene rings is 2. The lowest BCUT2D eigenvalue weighted by molar-refractivity contribution is 0.517. The first-order valence-corrected chi connectivity index (χ1v) is 6.03. The van der Waals surface area contributed by atoms with E-state index in [0.717, 1.165) is 5.56 Å². The van der Waals surface area contributed by atoms with Gasteiger partial charge in [0.25, 0.3) is 0 Å². The van der Waals surface area contributed by atoms with Crippen LogP contribution in [0.4, 0.5) is 8.78 Å². The molecule has 5 heteroatoms. The van der Waals surface area contributed by atoms with E-state index < -0.39 is 0 Å². The molecule has 3 nitrogen and oxygen atoms in total. The standard InChI is InChI=1S/C15H10F2N2O/c16-12-5-1-10(2-6-12)9-14-18-19-15(20-14)11-3-7-13(17)8-4-11/h1-8H,9H2. The Hall–Kier alpha value is -2.56. The molecule has 3 rings (SSSR count). The highest BCUT2D eigenvalue weighted by Crippen LogP contribution is 2.19. The lowest BCUT2D eigenvalue weighted by Gasteiger charge is -1.96. The Kier molecular flexibility index (Phi) is 3.25. The van der Waals surface area contributed by atoms with Crippen molar-refractivity contribution in [1.82, 2.24) is 10.2 Å². The Morgan fingerprint density at radius 3 is 2.05 bits per heavy atom. The van der Waals surface area contributed by atoms with Crippen LogP contribution in [0.2, 0.25) is 0 Å². The van der Waals surface area contributed by atoms with Crippen LogP contribution in [-0.2, 0) is 6.42 Å². The van der Waals surface area contributed by atoms with Crippen LogP contribution in [0, 0.1) is 11.6 Å². The maximum atomic E-state index is 12.8. The lowest BCUT2D eigenvalue weighted by atomic mass is 10.1. The molecule has 20 heavy (non-hydrogen) atoms. The van der Waals surface area contributed by atoms with E-state index in [4.69, 9.17) is 4.42 Å². The maximum Gasteiger partial charge on any atom is 0.247 e. The van der Waals surface area contributed by atoms with Crippen molar-refractivity contribution in [2.24, 2.45) is 0 Å². The minimum atomic E-state index is -0.320. The second-order valence-corrected chi connectivity index (χ2v) is 4.31. The summed E-state index contributed by atoms with van der Waals surface area (Å²) in [6.07, 6.45) is 0.425. The zero-order valence-electron chi connectivity index (χ0n) is 10.4. The van der Waals surface area contributed by atoms with E-state index in [1.54, 1.807) is 24.3 Å². The van der Waals surface area contributed by atoms with Crippen LogP contribution in [-0.4, -0.2) is 10.2 Å². The summed E-state index contributed by atoms with van der Waals surface area (Å²) in [4.78, 5) is 0. The summed E-state index contributed by atoms with van der Waals surface area (Å²) in [6, 6.07) is 11.9. The van der Waals surface area contributed by atoms with Crippen molar-refractivity contribution in [2.75, 3.05) is 0 Å². The van der Waals surface area contributed by atoms with Gasteiger partial charge in [0, 0.05) is 5.56 Å². The van der Waals surface area contributed by atoms with Crippen LogP contribution >= 0.6 is 0 Å². The normalized spacial score (nSPS) is 10.7. The van der Waals surface area contributed by atoms with E-state index in [9.17, 15) is 8.78 Å². The lowest BCUT2D eigenvalue weighted by Crippen LogP contribution is -1.88. The van der Waals surface area contributed by atoms with E-state index in [-0.39, 0.29) is 11.6 Å². The van der Waals surface area contributed by atoms with Crippen LogP contribution in [0.5, 0.6) is 0 Å². The van der Waals surface area contributed by atoms with Gasteiger partial charge in [-0.15, -0.1) is 10.2 Å². The molecule has 0 unspecified atom stereocenters. The van der Waals surface area contributed by atoms with Gasteiger partial charge >= 0.3 is 0 Å². The van der Waals surface area contributed by atoms with Crippen LogP contribution < -0.4 is 0 Å². The highest BCUT2D eigenvalue weighted by atomic mass is 19.1. The second kappa shape index (κ2) is 5.21. The molecule has 0 saturated heterocycles. The molecule has 1 heterocycles. The highest BCUT2D eigenvalue weighted by molar-refractivity contribution is 5.52.